The van der Waals surface area contributed by atoms with Gasteiger partial charge in [0, 0.05) is 16.9 Å². The first-order chi connectivity index (χ1) is 13.0. The Balaban J connectivity index is 1.56. The van der Waals surface area contributed by atoms with Crippen molar-refractivity contribution < 1.29 is 9.59 Å². The third-order valence-electron chi connectivity index (χ3n) is 3.76. The third-order valence-corrected chi connectivity index (χ3v) is 4.84. The SMILES string of the molecule is Cc1ccccc1C(=O)NC(=S)Nc1ccc(NC(=O)c2cccs2)cc1. The van der Waals surface area contributed by atoms with Crippen molar-refractivity contribution in [3.63, 3.8) is 0 Å². The zero-order chi connectivity index (χ0) is 19.2. The van der Waals surface area contributed by atoms with Gasteiger partial charge in [-0.3, -0.25) is 14.9 Å². The van der Waals surface area contributed by atoms with Crippen LogP contribution in [0, 0.1) is 6.92 Å². The highest BCUT2D eigenvalue weighted by molar-refractivity contribution is 7.80. The molecule has 0 radical (unpaired) electrons. The Labute approximate surface area is 166 Å². The number of carbonyl (C=O) groups is 2. The van der Waals surface area contributed by atoms with E-state index in [1.807, 2.05) is 36.6 Å². The lowest BCUT2D eigenvalue weighted by Crippen LogP contribution is -2.34. The Kier molecular flexibility index (Phi) is 5.95. The molecule has 0 saturated carbocycles. The summed E-state index contributed by atoms with van der Waals surface area (Å²) < 4.78 is 0. The molecule has 7 heteroatoms. The Morgan fingerprint density at radius 1 is 0.852 bits per heavy atom. The van der Waals surface area contributed by atoms with Crippen LogP contribution in [0.3, 0.4) is 0 Å². The number of thiocarbonyl (C=S) groups is 1. The summed E-state index contributed by atoms with van der Waals surface area (Å²) in [6.45, 7) is 1.87. The summed E-state index contributed by atoms with van der Waals surface area (Å²) in [6, 6.07) is 18.0. The lowest BCUT2D eigenvalue weighted by atomic mass is 10.1. The number of rotatable bonds is 4. The van der Waals surface area contributed by atoms with E-state index in [4.69, 9.17) is 12.2 Å². The molecule has 0 bridgehead atoms. The van der Waals surface area contributed by atoms with Crippen LogP contribution in [0.5, 0.6) is 0 Å². The van der Waals surface area contributed by atoms with E-state index < -0.39 is 0 Å². The van der Waals surface area contributed by atoms with Crippen molar-refractivity contribution in [1.82, 2.24) is 5.32 Å². The second-order valence-electron chi connectivity index (χ2n) is 5.73. The van der Waals surface area contributed by atoms with Crippen LogP contribution in [0.4, 0.5) is 11.4 Å². The average molecular weight is 396 g/mol. The van der Waals surface area contributed by atoms with Gasteiger partial charge in [-0.15, -0.1) is 11.3 Å². The summed E-state index contributed by atoms with van der Waals surface area (Å²) in [5, 5.41) is 10.5. The Hall–Kier alpha value is -3.03. The monoisotopic (exact) mass is 395 g/mol. The minimum absolute atomic E-state index is 0.147. The number of hydrogen-bond donors (Lipinski definition) is 3. The molecule has 5 nitrogen and oxygen atoms in total. The molecule has 27 heavy (non-hydrogen) atoms. The van der Waals surface area contributed by atoms with E-state index in [1.54, 1.807) is 36.4 Å². The highest BCUT2D eigenvalue weighted by Crippen LogP contribution is 2.16. The van der Waals surface area contributed by atoms with Crippen LogP contribution in [-0.4, -0.2) is 16.9 Å². The van der Waals surface area contributed by atoms with Gasteiger partial charge in [0.05, 0.1) is 4.88 Å². The molecule has 0 atom stereocenters. The smallest absolute Gasteiger partial charge is 0.265 e. The fourth-order valence-electron chi connectivity index (χ4n) is 2.40. The van der Waals surface area contributed by atoms with Gasteiger partial charge in [0.2, 0.25) is 0 Å². The summed E-state index contributed by atoms with van der Waals surface area (Å²) in [6.07, 6.45) is 0. The van der Waals surface area contributed by atoms with Crippen molar-refractivity contribution in [3.05, 3.63) is 82.0 Å². The van der Waals surface area contributed by atoms with E-state index in [1.165, 1.54) is 11.3 Å². The molecule has 0 aliphatic heterocycles. The number of thiophene rings is 1. The Bertz CT molecular complexity index is 967. The fourth-order valence-corrected chi connectivity index (χ4v) is 3.23. The number of hydrogen-bond acceptors (Lipinski definition) is 4. The first-order valence-corrected chi connectivity index (χ1v) is 9.44. The van der Waals surface area contributed by atoms with E-state index in [-0.39, 0.29) is 16.9 Å². The van der Waals surface area contributed by atoms with Crippen LogP contribution in [0.1, 0.15) is 25.6 Å². The number of amides is 2. The van der Waals surface area contributed by atoms with Crippen LogP contribution in [0.15, 0.2) is 66.0 Å². The van der Waals surface area contributed by atoms with Gasteiger partial charge in [-0.1, -0.05) is 24.3 Å². The number of aryl methyl sites for hydroxylation is 1. The molecule has 0 spiro atoms. The minimum Gasteiger partial charge on any atom is -0.332 e. The standard InChI is InChI=1S/C20H17N3O2S2/c1-13-5-2-3-6-16(13)18(24)23-20(26)22-15-10-8-14(9-11-15)21-19(25)17-7-4-12-27-17/h2-12H,1H3,(H,21,25)(H2,22,23,24,26). The molecule has 0 saturated heterocycles. The average Bonchev–Trinajstić information content (AvgIpc) is 3.18. The predicted octanol–water partition coefficient (Wildman–Crippen LogP) is 4.44. The lowest BCUT2D eigenvalue weighted by Gasteiger charge is -2.11. The van der Waals surface area contributed by atoms with Crippen molar-refractivity contribution in [2.24, 2.45) is 0 Å². The Morgan fingerprint density at radius 2 is 1.52 bits per heavy atom. The highest BCUT2D eigenvalue weighted by atomic mass is 32.1. The third kappa shape index (κ3) is 4.99. The second-order valence-corrected chi connectivity index (χ2v) is 7.09. The van der Waals surface area contributed by atoms with Gasteiger partial charge in [0.25, 0.3) is 11.8 Å². The molecular weight excluding hydrogens is 378 g/mol. The van der Waals surface area contributed by atoms with E-state index in [0.29, 0.717) is 21.8 Å². The summed E-state index contributed by atoms with van der Waals surface area (Å²) >= 11 is 6.59. The van der Waals surface area contributed by atoms with Crippen molar-refractivity contribution in [1.29, 1.82) is 0 Å². The van der Waals surface area contributed by atoms with Crippen LogP contribution in [0.2, 0.25) is 0 Å². The van der Waals surface area contributed by atoms with Gasteiger partial charge in [-0.25, -0.2) is 0 Å². The summed E-state index contributed by atoms with van der Waals surface area (Å²) in [4.78, 5) is 25.0. The van der Waals surface area contributed by atoms with Crippen molar-refractivity contribution >= 4 is 51.9 Å². The van der Waals surface area contributed by atoms with Gasteiger partial charge < -0.3 is 10.6 Å². The number of carbonyl (C=O) groups excluding carboxylic acids is 2. The van der Waals surface area contributed by atoms with Gasteiger partial charge in [-0.05, 0) is 66.5 Å². The molecule has 136 valence electrons. The summed E-state index contributed by atoms with van der Waals surface area (Å²) in [5.41, 5.74) is 2.84. The van der Waals surface area contributed by atoms with Crippen molar-refractivity contribution in [2.75, 3.05) is 10.6 Å². The maximum absolute atomic E-state index is 12.3. The van der Waals surface area contributed by atoms with E-state index >= 15 is 0 Å². The van der Waals surface area contributed by atoms with Gasteiger partial charge in [0.15, 0.2) is 5.11 Å². The summed E-state index contributed by atoms with van der Waals surface area (Å²) in [5.74, 6) is -0.405. The highest BCUT2D eigenvalue weighted by Gasteiger charge is 2.10. The molecule has 0 fully saturated rings. The summed E-state index contributed by atoms with van der Waals surface area (Å²) in [7, 11) is 0. The van der Waals surface area contributed by atoms with Crippen LogP contribution >= 0.6 is 23.6 Å². The first kappa shape index (κ1) is 18.8. The second kappa shape index (κ2) is 8.57. The molecule has 0 aliphatic rings. The molecule has 0 unspecified atom stereocenters. The van der Waals surface area contributed by atoms with Gasteiger partial charge in [-0.2, -0.15) is 0 Å². The molecule has 3 rings (SSSR count). The molecule has 3 aromatic rings. The van der Waals surface area contributed by atoms with Crippen LogP contribution in [-0.2, 0) is 0 Å². The molecule has 1 aromatic heterocycles. The van der Waals surface area contributed by atoms with E-state index in [0.717, 1.165) is 5.56 Å². The van der Waals surface area contributed by atoms with Gasteiger partial charge in [0.1, 0.15) is 0 Å². The van der Waals surface area contributed by atoms with Gasteiger partial charge >= 0.3 is 0 Å². The quantitative estimate of drug-likeness (QED) is 0.572. The van der Waals surface area contributed by atoms with E-state index in [9.17, 15) is 9.59 Å². The maximum Gasteiger partial charge on any atom is 0.265 e. The normalized spacial score (nSPS) is 10.1. The van der Waals surface area contributed by atoms with Crippen LogP contribution < -0.4 is 16.0 Å². The Morgan fingerprint density at radius 3 is 2.15 bits per heavy atom. The molecule has 0 aliphatic carbocycles. The molecule has 2 amide bonds. The molecule has 1 heterocycles. The largest absolute Gasteiger partial charge is 0.332 e. The molecule has 2 aromatic carbocycles. The fraction of sp³-hybridized carbons (Fsp3) is 0.0500. The minimum atomic E-state index is -0.259. The number of nitrogens with one attached hydrogen (secondary N) is 3. The van der Waals surface area contributed by atoms with Crippen molar-refractivity contribution in [2.45, 2.75) is 6.92 Å². The lowest BCUT2D eigenvalue weighted by molar-refractivity contribution is 0.0976. The van der Waals surface area contributed by atoms with E-state index in [2.05, 4.69) is 16.0 Å². The first-order valence-electron chi connectivity index (χ1n) is 8.16. The van der Waals surface area contributed by atoms with Crippen LogP contribution in [0.25, 0.3) is 0 Å². The van der Waals surface area contributed by atoms with Crippen molar-refractivity contribution in [3.8, 4) is 0 Å². The number of benzene rings is 2. The molecular formula is C20H17N3O2S2. The zero-order valence-electron chi connectivity index (χ0n) is 14.5. The predicted molar refractivity (Wildman–Crippen MR) is 114 cm³/mol. The number of anilines is 2. The zero-order valence-corrected chi connectivity index (χ0v) is 16.1. The topological polar surface area (TPSA) is 70.2 Å². The molecule has 3 N–H and O–H groups in total. The maximum atomic E-state index is 12.3.